The number of benzene rings is 1. The summed E-state index contributed by atoms with van der Waals surface area (Å²) in [7, 11) is 2.45. The van der Waals surface area contributed by atoms with Crippen LogP contribution in [0.2, 0.25) is 0 Å². The maximum atomic E-state index is 13.6. The lowest BCUT2D eigenvalue weighted by atomic mass is 9.37. The Kier molecular flexibility index (Phi) is 3.65. The van der Waals surface area contributed by atoms with E-state index in [-0.39, 0.29) is 19.3 Å². The van der Waals surface area contributed by atoms with Gasteiger partial charge in [0.15, 0.2) is 11.5 Å². The Morgan fingerprint density at radius 1 is 1.15 bits per heavy atom. The number of hydrogen-bond donors (Lipinski definition) is 2. The second kappa shape index (κ2) is 6.05. The number of ether oxygens (including phenoxy) is 4. The molecule has 180 valence electrons. The molecule has 2 N–H and O–H groups in total. The Bertz CT molecular complexity index is 1190. The number of aliphatic hydroxyl groups excluding tert-OH is 1. The van der Waals surface area contributed by atoms with Crippen LogP contribution in [0.15, 0.2) is 24.3 Å². The molecule has 34 heavy (non-hydrogen) atoms. The highest BCUT2D eigenvalue weighted by molar-refractivity contribution is 6.02. The topological polar surface area (TPSA) is 118 Å². The van der Waals surface area contributed by atoms with Crippen LogP contribution in [0, 0.1) is 5.41 Å². The molecule has 1 aromatic rings. The lowest BCUT2D eigenvalue weighted by Gasteiger charge is -2.72. The number of aliphatic hydroxyl groups is 2. The van der Waals surface area contributed by atoms with Crippen LogP contribution in [0.3, 0.4) is 0 Å². The van der Waals surface area contributed by atoms with Gasteiger partial charge in [-0.05, 0) is 37.4 Å². The predicted octanol–water partition coefficient (Wildman–Crippen LogP) is 0.681. The summed E-state index contributed by atoms with van der Waals surface area (Å²) in [5.41, 5.74) is -4.49. The van der Waals surface area contributed by atoms with Crippen LogP contribution in [0.4, 0.5) is 10.5 Å². The lowest BCUT2D eigenvalue weighted by Crippen LogP contribution is -2.90. The fourth-order valence-corrected chi connectivity index (χ4v) is 8.68. The van der Waals surface area contributed by atoms with Gasteiger partial charge in [-0.15, -0.1) is 0 Å². The molecule has 7 aliphatic rings. The van der Waals surface area contributed by atoms with Gasteiger partial charge >= 0.3 is 12.1 Å². The van der Waals surface area contributed by atoms with Gasteiger partial charge in [0, 0.05) is 23.4 Å². The second-order valence-corrected chi connectivity index (χ2v) is 10.2. The molecule has 3 aliphatic carbocycles. The fourth-order valence-electron chi connectivity index (χ4n) is 8.68. The summed E-state index contributed by atoms with van der Waals surface area (Å²) in [4.78, 5) is 30.8. The van der Waals surface area contributed by atoms with Crippen molar-refractivity contribution in [2.75, 3.05) is 39.0 Å². The summed E-state index contributed by atoms with van der Waals surface area (Å²) >= 11 is 0. The quantitative estimate of drug-likeness (QED) is 0.451. The average molecular weight is 470 g/mol. The summed E-state index contributed by atoms with van der Waals surface area (Å²) in [5, 5.41) is 24.3. The number of fused-ring (bicyclic) bond motifs is 5. The summed E-state index contributed by atoms with van der Waals surface area (Å²) < 4.78 is 21.8. The third-order valence-corrected chi connectivity index (χ3v) is 9.55. The first kappa shape index (κ1) is 20.5. The molecule has 3 saturated carbocycles. The molecular formula is C24H26N2O8. The first-order valence-electron chi connectivity index (χ1n) is 11.6. The Morgan fingerprint density at radius 3 is 2.74 bits per heavy atom. The van der Waals surface area contributed by atoms with Crippen LogP contribution in [0.1, 0.15) is 24.8 Å². The zero-order chi connectivity index (χ0) is 23.7. The highest BCUT2D eigenvalue weighted by Gasteiger charge is 2.89. The van der Waals surface area contributed by atoms with Gasteiger partial charge in [-0.1, -0.05) is 18.2 Å². The maximum Gasteiger partial charge on any atom is 0.414 e. The Morgan fingerprint density at radius 2 is 1.97 bits per heavy atom. The van der Waals surface area contributed by atoms with Gasteiger partial charge in [0.2, 0.25) is 12.4 Å². The van der Waals surface area contributed by atoms with Crippen LogP contribution >= 0.6 is 0 Å². The van der Waals surface area contributed by atoms with Crippen LogP contribution in [-0.4, -0.2) is 84.6 Å². The van der Waals surface area contributed by atoms with E-state index in [2.05, 4.69) is 4.90 Å². The van der Waals surface area contributed by atoms with Crippen molar-refractivity contribution >= 4 is 17.7 Å². The first-order valence-corrected chi connectivity index (χ1v) is 11.6. The van der Waals surface area contributed by atoms with Crippen molar-refractivity contribution in [3.05, 3.63) is 29.8 Å². The molecule has 3 spiro atoms. The number of carbonyl (C=O) groups is 2. The smallest absolute Gasteiger partial charge is 0.414 e. The van der Waals surface area contributed by atoms with Crippen LogP contribution in [0.25, 0.3) is 0 Å². The number of carbonyl (C=O) groups excluding carboxylic acids is 2. The van der Waals surface area contributed by atoms with Crippen molar-refractivity contribution in [2.45, 2.75) is 48.0 Å². The van der Waals surface area contributed by atoms with E-state index in [1.165, 1.54) is 19.1 Å². The lowest BCUT2D eigenvalue weighted by molar-refractivity contribution is -0.262. The third kappa shape index (κ3) is 1.72. The van der Waals surface area contributed by atoms with E-state index in [1.54, 1.807) is 0 Å². The molecule has 6 atom stereocenters. The monoisotopic (exact) mass is 470 g/mol. The molecule has 0 radical (unpaired) electrons. The SMILES string of the molecule is COC(=O)N1c2c(ccc3c2OCO3)C23CCN4CC=CC5(CCC12C(O)(C(=O)OC)C5O)C43. The Hall–Kier alpha value is -2.82. The minimum atomic E-state index is -2.41. The molecule has 6 unspecified atom stereocenters. The van der Waals surface area contributed by atoms with Crippen molar-refractivity contribution in [1.29, 1.82) is 0 Å². The molecule has 4 heterocycles. The first-order chi connectivity index (χ1) is 16.3. The normalized spacial score (nSPS) is 42.3. The molecule has 0 aromatic heterocycles. The largest absolute Gasteiger partial charge is 0.467 e. The summed E-state index contributed by atoms with van der Waals surface area (Å²) in [6.45, 7) is 1.37. The summed E-state index contributed by atoms with van der Waals surface area (Å²) in [5.74, 6) is -0.112. The van der Waals surface area contributed by atoms with E-state index in [9.17, 15) is 19.8 Å². The molecule has 2 bridgehead atoms. The third-order valence-electron chi connectivity index (χ3n) is 9.55. The number of anilines is 1. The Balaban J connectivity index is 1.65. The van der Waals surface area contributed by atoms with Crippen molar-refractivity contribution in [3.8, 4) is 11.5 Å². The van der Waals surface area contributed by atoms with Gasteiger partial charge < -0.3 is 29.2 Å². The van der Waals surface area contributed by atoms with Gasteiger partial charge in [0.05, 0.1) is 19.9 Å². The summed E-state index contributed by atoms with van der Waals surface area (Å²) in [6, 6.07) is 3.48. The zero-order valence-corrected chi connectivity index (χ0v) is 18.9. The number of amides is 1. The maximum absolute atomic E-state index is 13.6. The van der Waals surface area contributed by atoms with Crippen LogP contribution in [0.5, 0.6) is 11.5 Å². The van der Waals surface area contributed by atoms with Crippen molar-refractivity contribution in [3.63, 3.8) is 0 Å². The van der Waals surface area contributed by atoms with Gasteiger partial charge in [-0.25, -0.2) is 9.59 Å². The van der Waals surface area contributed by atoms with E-state index in [1.807, 2.05) is 24.3 Å². The van der Waals surface area contributed by atoms with Crippen molar-refractivity contribution in [1.82, 2.24) is 4.90 Å². The zero-order valence-electron chi connectivity index (χ0n) is 18.9. The number of rotatable bonds is 1. The molecule has 1 amide bonds. The van der Waals surface area contributed by atoms with E-state index >= 15 is 0 Å². The second-order valence-electron chi connectivity index (χ2n) is 10.2. The molecule has 4 aliphatic heterocycles. The minimum absolute atomic E-state index is 0.00702. The standard InChI is InChI=1S/C24H26N2O8/c1-31-19(28)24(30)18(27)21-6-3-10-25-11-9-22(17(21)25)13-4-5-14-16(34-12-33-14)15(13)26(20(29)32-2)23(22,24)8-7-21/h3-6,17-18,27,30H,7-12H2,1-2H3. The molecule has 4 fully saturated rings. The van der Waals surface area contributed by atoms with E-state index in [0.717, 1.165) is 5.56 Å². The van der Waals surface area contributed by atoms with E-state index in [0.29, 0.717) is 43.1 Å². The van der Waals surface area contributed by atoms with Crippen molar-refractivity contribution < 1.29 is 38.7 Å². The number of esters is 1. The minimum Gasteiger partial charge on any atom is -0.467 e. The number of methoxy groups -OCH3 is 2. The molecule has 8 rings (SSSR count). The highest BCUT2D eigenvalue weighted by atomic mass is 16.7. The molecule has 10 heteroatoms. The number of hydrogen-bond acceptors (Lipinski definition) is 9. The van der Waals surface area contributed by atoms with Gasteiger partial charge in [0.1, 0.15) is 11.6 Å². The van der Waals surface area contributed by atoms with Crippen LogP contribution < -0.4 is 14.4 Å². The van der Waals surface area contributed by atoms with Crippen LogP contribution in [-0.2, 0) is 19.7 Å². The Labute approximate surface area is 195 Å². The van der Waals surface area contributed by atoms with E-state index < -0.39 is 40.1 Å². The predicted molar refractivity (Wildman–Crippen MR) is 116 cm³/mol. The average Bonchev–Trinajstić information content (AvgIpc) is 3.56. The highest BCUT2D eigenvalue weighted by Crippen LogP contribution is 2.77. The molecular weight excluding hydrogens is 444 g/mol. The van der Waals surface area contributed by atoms with E-state index in [4.69, 9.17) is 18.9 Å². The molecule has 1 saturated heterocycles. The van der Waals surface area contributed by atoms with Gasteiger partial charge in [0.25, 0.3) is 0 Å². The fraction of sp³-hybridized carbons (Fsp3) is 0.583. The molecule has 1 aromatic carbocycles. The number of nitrogens with zero attached hydrogens (tertiary/aromatic N) is 2. The van der Waals surface area contributed by atoms with Gasteiger partial charge in [-0.3, -0.25) is 9.80 Å². The van der Waals surface area contributed by atoms with Gasteiger partial charge in [-0.2, -0.15) is 0 Å². The molecule has 10 nitrogen and oxygen atoms in total. The summed E-state index contributed by atoms with van der Waals surface area (Å²) in [6.07, 6.45) is 3.06. The van der Waals surface area contributed by atoms with Crippen molar-refractivity contribution in [2.24, 2.45) is 5.41 Å².